The van der Waals surface area contributed by atoms with Crippen LogP contribution < -0.4 is 9.46 Å². The molecule has 0 saturated heterocycles. The van der Waals surface area contributed by atoms with Gasteiger partial charge in [0, 0.05) is 8.95 Å². The molecule has 0 unspecified atom stereocenters. The number of nitrogens with one attached hydrogen (secondary N) is 1. The van der Waals surface area contributed by atoms with Crippen LogP contribution in [0.25, 0.3) is 0 Å². The highest BCUT2D eigenvalue weighted by atomic mass is 79.9. The maximum absolute atomic E-state index is 12.3. The second-order valence-electron chi connectivity index (χ2n) is 4.13. The molecule has 21 heavy (non-hydrogen) atoms. The lowest BCUT2D eigenvalue weighted by Crippen LogP contribution is -2.13. The van der Waals surface area contributed by atoms with Crippen LogP contribution in [0.5, 0.6) is 5.75 Å². The minimum atomic E-state index is -3.63. The molecule has 2 rings (SSSR count). The van der Waals surface area contributed by atoms with Crippen molar-refractivity contribution in [2.45, 2.75) is 11.8 Å². The molecule has 0 aromatic heterocycles. The maximum atomic E-state index is 12.3. The van der Waals surface area contributed by atoms with Crippen molar-refractivity contribution in [2.75, 3.05) is 11.3 Å². The minimum absolute atomic E-state index is 0.181. The van der Waals surface area contributed by atoms with Gasteiger partial charge in [0.1, 0.15) is 5.75 Å². The van der Waals surface area contributed by atoms with Gasteiger partial charge in [-0.1, -0.05) is 15.9 Å². The molecule has 0 aliphatic heterocycles. The summed E-state index contributed by atoms with van der Waals surface area (Å²) in [5, 5.41) is 0. The lowest BCUT2D eigenvalue weighted by atomic mass is 10.3. The molecule has 7 heteroatoms. The molecular weight excluding hydrogens is 422 g/mol. The molecule has 0 fully saturated rings. The van der Waals surface area contributed by atoms with E-state index in [0.29, 0.717) is 22.5 Å². The van der Waals surface area contributed by atoms with Gasteiger partial charge in [0.05, 0.1) is 17.2 Å². The SMILES string of the molecule is CCOc1ccc(S(=O)(=O)Nc2ccc(Br)cc2Br)cc1. The molecule has 0 radical (unpaired) electrons. The van der Waals surface area contributed by atoms with Crippen LogP contribution in [0.4, 0.5) is 5.69 Å². The Balaban J connectivity index is 2.25. The molecule has 0 atom stereocenters. The Labute approximate surface area is 140 Å². The van der Waals surface area contributed by atoms with Crippen LogP contribution in [0.15, 0.2) is 56.3 Å². The van der Waals surface area contributed by atoms with Gasteiger partial charge in [0.2, 0.25) is 0 Å². The van der Waals surface area contributed by atoms with E-state index in [9.17, 15) is 8.42 Å². The molecular formula is C14H13Br2NO3S. The minimum Gasteiger partial charge on any atom is -0.494 e. The largest absolute Gasteiger partial charge is 0.494 e. The first-order valence-electron chi connectivity index (χ1n) is 6.13. The van der Waals surface area contributed by atoms with Crippen molar-refractivity contribution in [3.8, 4) is 5.75 Å². The van der Waals surface area contributed by atoms with Crippen molar-refractivity contribution in [1.29, 1.82) is 0 Å². The van der Waals surface area contributed by atoms with Crippen LogP contribution in [0.2, 0.25) is 0 Å². The van der Waals surface area contributed by atoms with Gasteiger partial charge in [-0.2, -0.15) is 0 Å². The van der Waals surface area contributed by atoms with E-state index in [1.807, 2.05) is 6.92 Å². The summed E-state index contributed by atoms with van der Waals surface area (Å²) in [4.78, 5) is 0.181. The van der Waals surface area contributed by atoms with Gasteiger partial charge in [-0.15, -0.1) is 0 Å². The quantitative estimate of drug-likeness (QED) is 0.758. The molecule has 112 valence electrons. The van der Waals surface area contributed by atoms with E-state index >= 15 is 0 Å². The van der Waals surface area contributed by atoms with E-state index in [4.69, 9.17) is 4.74 Å². The maximum Gasteiger partial charge on any atom is 0.261 e. The monoisotopic (exact) mass is 433 g/mol. The standard InChI is InChI=1S/C14H13Br2NO3S/c1-2-20-11-4-6-12(7-5-11)21(18,19)17-14-8-3-10(15)9-13(14)16/h3-9,17H,2H2,1H3. The second kappa shape index (κ2) is 6.81. The van der Waals surface area contributed by atoms with Crippen LogP contribution in [-0.4, -0.2) is 15.0 Å². The number of hydrogen-bond acceptors (Lipinski definition) is 3. The Morgan fingerprint density at radius 3 is 2.33 bits per heavy atom. The molecule has 4 nitrogen and oxygen atoms in total. The molecule has 0 saturated carbocycles. The van der Waals surface area contributed by atoms with Crippen LogP contribution in [0.1, 0.15) is 6.92 Å². The zero-order chi connectivity index (χ0) is 15.5. The number of ether oxygens (including phenoxy) is 1. The molecule has 0 bridgehead atoms. The van der Waals surface area contributed by atoms with E-state index in [2.05, 4.69) is 36.6 Å². The van der Waals surface area contributed by atoms with E-state index in [1.165, 1.54) is 12.1 Å². The van der Waals surface area contributed by atoms with Gasteiger partial charge in [-0.25, -0.2) is 8.42 Å². The predicted octanol–water partition coefficient (Wildman–Crippen LogP) is 4.41. The Morgan fingerprint density at radius 1 is 1.10 bits per heavy atom. The molecule has 0 spiro atoms. The van der Waals surface area contributed by atoms with Crippen molar-refractivity contribution in [3.05, 3.63) is 51.4 Å². The summed E-state index contributed by atoms with van der Waals surface area (Å²) >= 11 is 6.65. The second-order valence-corrected chi connectivity index (χ2v) is 7.59. The summed E-state index contributed by atoms with van der Waals surface area (Å²) in [5.41, 5.74) is 0.479. The number of halogens is 2. The number of sulfonamides is 1. The number of hydrogen-bond donors (Lipinski definition) is 1. The summed E-state index contributed by atoms with van der Waals surface area (Å²) in [5.74, 6) is 0.640. The molecule has 0 aliphatic rings. The van der Waals surface area contributed by atoms with Crippen molar-refractivity contribution in [2.24, 2.45) is 0 Å². The number of rotatable bonds is 5. The van der Waals surface area contributed by atoms with Crippen molar-refractivity contribution in [1.82, 2.24) is 0 Å². The Hall–Kier alpha value is -1.05. The Morgan fingerprint density at radius 2 is 1.76 bits per heavy atom. The zero-order valence-corrected chi connectivity index (χ0v) is 15.1. The third-order valence-electron chi connectivity index (χ3n) is 2.62. The third-order valence-corrected chi connectivity index (χ3v) is 5.15. The highest BCUT2D eigenvalue weighted by Crippen LogP contribution is 2.28. The zero-order valence-electron chi connectivity index (χ0n) is 11.1. The van der Waals surface area contributed by atoms with E-state index in [0.717, 1.165) is 4.47 Å². The molecule has 0 heterocycles. The summed E-state index contributed by atoms with van der Waals surface area (Å²) < 4.78 is 34.0. The van der Waals surface area contributed by atoms with Crippen molar-refractivity contribution >= 4 is 47.6 Å². The smallest absolute Gasteiger partial charge is 0.261 e. The van der Waals surface area contributed by atoms with Gasteiger partial charge in [-0.05, 0) is 65.3 Å². The van der Waals surface area contributed by atoms with E-state index < -0.39 is 10.0 Å². The summed E-state index contributed by atoms with van der Waals surface area (Å²) in [6.45, 7) is 2.41. The lowest BCUT2D eigenvalue weighted by Gasteiger charge is -2.10. The molecule has 2 aromatic rings. The summed E-state index contributed by atoms with van der Waals surface area (Å²) in [6, 6.07) is 11.5. The van der Waals surface area contributed by atoms with Crippen LogP contribution in [-0.2, 0) is 10.0 Å². The van der Waals surface area contributed by atoms with Gasteiger partial charge in [0.15, 0.2) is 0 Å². The number of benzene rings is 2. The molecule has 0 amide bonds. The molecule has 1 N–H and O–H groups in total. The average Bonchev–Trinajstić information content (AvgIpc) is 2.43. The van der Waals surface area contributed by atoms with Gasteiger partial charge in [-0.3, -0.25) is 4.72 Å². The third kappa shape index (κ3) is 4.21. The molecule has 0 aliphatic carbocycles. The van der Waals surface area contributed by atoms with Crippen molar-refractivity contribution in [3.63, 3.8) is 0 Å². The highest BCUT2D eigenvalue weighted by molar-refractivity contribution is 9.11. The van der Waals surface area contributed by atoms with Gasteiger partial charge in [0.25, 0.3) is 10.0 Å². The molecule has 2 aromatic carbocycles. The summed E-state index contributed by atoms with van der Waals surface area (Å²) in [7, 11) is -3.63. The first kappa shape index (κ1) is 16.3. The van der Waals surface area contributed by atoms with Crippen LogP contribution in [0, 0.1) is 0 Å². The van der Waals surface area contributed by atoms with E-state index in [-0.39, 0.29) is 4.90 Å². The predicted molar refractivity (Wildman–Crippen MR) is 90.3 cm³/mol. The first-order chi connectivity index (χ1) is 9.92. The van der Waals surface area contributed by atoms with Crippen molar-refractivity contribution < 1.29 is 13.2 Å². The van der Waals surface area contributed by atoms with Crippen LogP contribution >= 0.6 is 31.9 Å². The first-order valence-corrected chi connectivity index (χ1v) is 9.20. The van der Waals surface area contributed by atoms with E-state index in [1.54, 1.807) is 30.3 Å². The number of anilines is 1. The summed E-state index contributed by atoms with van der Waals surface area (Å²) in [6.07, 6.45) is 0. The highest BCUT2D eigenvalue weighted by Gasteiger charge is 2.15. The van der Waals surface area contributed by atoms with Gasteiger partial charge >= 0.3 is 0 Å². The average molecular weight is 435 g/mol. The topological polar surface area (TPSA) is 55.4 Å². The Kier molecular flexibility index (Phi) is 5.29. The fourth-order valence-corrected chi connectivity index (χ4v) is 4.01. The fourth-order valence-electron chi connectivity index (χ4n) is 1.66. The lowest BCUT2D eigenvalue weighted by molar-refractivity contribution is 0.340. The van der Waals surface area contributed by atoms with Gasteiger partial charge < -0.3 is 4.74 Å². The fraction of sp³-hybridized carbons (Fsp3) is 0.143. The normalized spacial score (nSPS) is 11.2. The van der Waals surface area contributed by atoms with Crippen LogP contribution in [0.3, 0.4) is 0 Å². The Bertz CT molecular complexity index is 730.